The largest absolute Gasteiger partial charge is 0.505 e. The first-order chi connectivity index (χ1) is 13.4. The van der Waals surface area contributed by atoms with Crippen LogP contribution in [-0.2, 0) is 4.74 Å². The van der Waals surface area contributed by atoms with Gasteiger partial charge in [-0.15, -0.1) is 0 Å². The summed E-state index contributed by atoms with van der Waals surface area (Å²) in [6.45, 7) is 1.70. The minimum Gasteiger partial charge on any atom is -0.505 e. The van der Waals surface area contributed by atoms with E-state index in [0.717, 1.165) is 0 Å². The molecule has 0 bridgehead atoms. The Bertz CT molecular complexity index is 1120. The average molecular weight is 379 g/mol. The van der Waals surface area contributed by atoms with Crippen LogP contribution in [0.15, 0.2) is 42.5 Å². The van der Waals surface area contributed by atoms with Crippen LogP contribution in [0.25, 0.3) is 10.8 Å². The summed E-state index contributed by atoms with van der Waals surface area (Å²) in [5.74, 6) is -2.19. The zero-order chi connectivity index (χ0) is 20.3. The van der Waals surface area contributed by atoms with Crippen LogP contribution < -0.4 is 5.32 Å². The van der Waals surface area contributed by atoms with Crippen molar-refractivity contribution in [2.75, 3.05) is 11.9 Å². The number of carbonyl (C=O) groups excluding carboxylic acids is 2. The monoisotopic (exact) mass is 379 g/mol. The number of fused-ring (bicyclic) bond motifs is 1. The number of hydrogen-bond donors (Lipinski definition) is 2. The molecule has 0 saturated carbocycles. The van der Waals surface area contributed by atoms with E-state index in [2.05, 4.69) is 10.3 Å². The lowest BCUT2D eigenvalue weighted by Crippen LogP contribution is -2.12. The summed E-state index contributed by atoms with van der Waals surface area (Å²) < 4.78 is 17.8. The van der Waals surface area contributed by atoms with Gasteiger partial charge in [-0.2, -0.15) is 5.26 Å². The molecule has 140 valence electrons. The van der Waals surface area contributed by atoms with Crippen molar-refractivity contribution in [3.63, 3.8) is 0 Å². The Morgan fingerprint density at radius 1 is 1.21 bits per heavy atom. The number of carbonyl (C=O) groups is 2. The summed E-state index contributed by atoms with van der Waals surface area (Å²) in [4.78, 5) is 28.1. The second-order valence-electron chi connectivity index (χ2n) is 5.71. The molecule has 0 aliphatic heterocycles. The number of anilines is 1. The number of esters is 1. The Balaban J connectivity index is 2.00. The quantitative estimate of drug-likeness (QED) is 0.672. The van der Waals surface area contributed by atoms with Crippen molar-refractivity contribution in [3.05, 3.63) is 65.2 Å². The van der Waals surface area contributed by atoms with Crippen molar-refractivity contribution < 1.29 is 23.8 Å². The third-order valence-electron chi connectivity index (χ3n) is 3.92. The van der Waals surface area contributed by atoms with Crippen molar-refractivity contribution in [3.8, 4) is 11.8 Å². The Kier molecular flexibility index (Phi) is 5.18. The van der Waals surface area contributed by atoms with E-state index in [1.165, 1.54) is 42.5 Å². The summed E-state index contributed by atoms with van der Waals surface area (Å²) in [6, 6.07) is 11.3. The molecule has 3 aromatic rings. The topological polar surface area (TPSA) is 112 Å². The average Bonchev–Trinajstić information content (AvgIpc) is 2.69. The van der Waals surface area contributed by atoms with E-state index < -0.39 is 23.4 Å². The van der Waals surface area contributed by atoms with Gasteiger partial charge in [0.25, 0.3) is 5.91 Å². The van der Waals surface area contributed by atoms with Gasteiger partial charge in [-0.25, -0.2) is 14.2 Å². The molecule has 0 atom stereocenters. The number of aromatic hydroxyl groups is 1. The van der Waals surface area contributed by atoms with Crippen molar-refractivity contribution in [1.29, 1.82) is 5.26 Å². The van der Waals surface area contributed by atoms with Crippen molar-refractivity contribution in [2.24, 2.45) is 0 Å². The number of nitrogens with one attached hydrogen (secondary N) is 1. The number of benzene rings is 2. The van der Waals surface area contributed by atoms with E-state index in [4.69, 9.17) is 4.74 Å². The molecule has 8 heteroatoms. The van der Waals surface area contributed by atoms with Gasteiger partial charge in [0.15, 0.2) is 11.4 Å². The number of nitriles is 1. The first kappa shape index (κ1) is 18.8. The standard InChI is InChI=1S/C20H14FN3O4/c1-2-28-20(27)17-18(25)14-8-7-13(9-15(14)16(10-22)24-17)23-19(26)11-3-5-12(21)6-4-11/h3-9,25H,2H2,1H3,(H,23,26). The fourth-order valence-corrected chi connectivity index (χ4v) is 2.61. The first-order valence-electron chi connectivity index (χ1n) is 8.25. The van der Waals surface area contributed by atoms with Gasteiger partial charge in [0.05, 0.1) is 6.61 Å². The van der Waals surface area contributed by atoms with Crippen molar-refractivity contribution in [1.82, 2.24) is 4.98 Å². The molecule has 0 aliphatic carbocycles. The van der Waals surface area contributed by atoms with E-state index in [-0.39, 0.29) is 34.3 Å². The Hall–Kier alpha value is -3.99. The normalized spacial score (nSPS) is 10.3. The summed E-state index contributed by atoms with van der Waals surface area (Å²) >= 11 is 0. The lowest BCUT2D eigenvalue weighted by molar-refractivity contribution is 0.0516. The van der Waals surface area contributed by atoms with Crippen molar-refractivity contribution in [2.45, 2.75) is 6.92 Å². The molecule has 0 unspecified atom stereocenters. The maximum absolute atomic E-state index is 13.0. The second kappa shape index (κ2) is 7.72. The zero-order valence-electron chi connectivity index (χ0n) is 14.7. The van der Waals surface area contributed by atoms with E-state index in [0.29, 0.717) is 5.69 Å². The van der Waals surface area contributed by atoms with Crippen LogP contribution in [0.1, 0.15) is 33.5 Å². The predicted molar refractivity (Wildman–Crippen MR) is 98.4 cm³/mol. The highest BCUT2D eigenvalue weighted by molar-refractivity contribution is 6.06. The van der Waals surface area contributed by atoms with Crippen LogP contribution in [0.5, 0.6) is 5.75 Å². The molecular formula is C20H14FN3O4. The molecule has 0 aliphatic rings. The minimum absolute atomic E-state index is 0.0915. The molecule has 1 amide bonds. The molecule has 3 rings (SSSR count). The predicted octanol–water partition coefficient (Wildman–Crippen LogP) is 3.38. The number of amides is 1. The smallest absolute Gasteiger partial charge is 0.360 e. The van der Waals surface area contributed by atoms with Crippen LogP contribution in [0.2, 0.25) is 0 Å². The summed E-state index contributed by atoms with van der Waals surface area (Å²) in [5.41, 5.74) is 0.131. The van der Waals surface area contributed by atoms with E-state index in [1.807, 2.05) is 6.07 Å². The van der Waals surface area contributed by atoms with Gasteiger partial charge in [-0.1, -0.05) is 0 Å². The van der Waals surface area contributed by atoms with E-state index in [9.17, 15) is 24.3 Å². The number of ether oxygens (including phenoxy) is 1. The number of rotatable bonds is 4. The van der Waals surface area contributed by atoms with Gasteiger partial charge in [0.1, 0.15) is 17.6 Å². The summed E-state index contributed by atoms with van der Waals surface area (Å²) in [6.07, 6.45) is 0. The SMILES string of the molecule is CCOC(=O)c1nc(C#N)c2cc(NC(=O)c3ccc(F)cc3)ccc2c1O. The fourth-order valence-electron chi connectivity index (χ4n) is 2.61. The zero-order valence-corrected chi connectivity index (χ0v) is 14.7. The molecule has 0 radical (unpaired) electrons. The highest BCUT2D eigenvalue weighted by Crippen LogP contribution is 2.32. The molecule has 1 aromatic heterocycles. The highest BCUT2D eigenvalue weighted by Gasteiger charge is 2.20. The van der Waals surface area contributed by atoms with Crippen LogP contribution in [0.3, 0.4) is 0 Å². The van der Waals surface area contributed by atoms with Gasteiger partial charge in [-0.05, 0) is 49.4 Å². The highest BCUT2D eigenvalue weighted by atomic mass is 19.1. The Labute approximate surface area is 159 Å². The summed E-state index contributed by atoms with van der Waals surface area (Å²) in [5, 5.41) is 22.8. The van der Waals surface area contributed by atoms with Gasteiger partial charge in [0, 0.05) is 22.0 Å². The van der Waals surface area contributed by atoms with E-state index in [1.54, 1.807) is 6.92 Å². The number of aromatic nitrogens is 1. The van der Waals surface area contributed by atoms with Gasteiger partial charge in [0.2, 0.25) is 0 Å². The second-order valence-corrected chi connectivity index (χ2v) is 5.71. The number of halogens is 1. The summed E-state index contributed by atoms with van der Waals surface area (Å²) in [7, 11) is 0. The maximum atomic E-state index is 13.0. The molecule has 1 heterocycles. The van der Waals surface area contributed by atoms with Gasteiger partial charge >= 0.3 is 5.97 Å². The Morgan fingerprint density at radius 2 is 1.93 bits per heavy atom. The van der Waals surface area contributed by atoms with Crippen LogP contribution in [-0.4, -0.2) is 28.6 Å². The molecule has 28 heavy (non-hydrogen) atoms. The van der Waals surface area contributed by atoms with Gasteiger partial charge < -0.3 is 15.2 Å². The molecule has 2 N–H and O–H groups in total. The molecule has 0 saturated heterocycles. The number of pyridine rings is 1. The molecule has 7 nitrogen and oxygen atoms in total. The lowest BCUT2D eigenvalue weighted by Gasteiger charge is -2.11. The maximum Gasteiger partial charge on any atom is 0.360 e. The molecule has 2 aromatic carbocycles. The molecule has 0 spiro atoms. The fraction of sp³-hybridized carbons (Fsp3) is 0.100. The minimum atomic E-state index is -0.841. The van der Waals surface area contributed by atoms with Crippen LogP contribution >= 0.6 is 0 Å². The third kappa shape index (κ3) is 3.59. The molecular weight excluding hydrogens is 365 g/mol. The van der Waals surface area contributed by atoms with Crippen LogP contribution in [0.4, 0.5) is 10.1 Å². The number of nitrogens with zero attached hydrogens (tertiary/aromatic N) is 2. The van der Waals surface area contributed by atoms with Crippen LogP contribution in [0, 0.1) is 17.1 Å². The molecule has 0 fully saturated rings. The third-order valence-corrected chi connectivity index (χ3v) is 3.92. The lowest BCUT2D eigenvalue weighted by atomic mass is 10.1. The van der Waals surface area contributed by atoms with Gasteiger partial charge in [-0.3, -0.25) is 4.79 Å². The Morgan fingerprint density at radius 3 is 2.57 bits per heavy atom. The van der Waals surface area contributed by atoms with Crippen molar-refractivity contribution >= 4 is 28.3 Å². The van der Waals surface area contributed by atoms with E-state index >= 15 is 0 Å². The number of hydrogen-bond acceptors (Lipinski definition) is 6. The first-order valence-corrected chi connectivity index (χ1v) is 8.25.